The van der Waals surface area contributed by atoms with Gasteiger partial charge in [0.25, 0.3) is 5.91 Å². The maximum absolute atomic E-state index is 12.6. The SMILES string of the molecule is COCc1ccc(C(=O)N2CCO[C@H](CCCc3ccccc3)C2)o1. The van der Waals surface area contributed by atoms with Crippen molar-refractivity contribution in [3.05, 3.63) is 59.5 Å². The lowest BCUT2D eigenvalue weighted by Gasteiger charge is -2.32. The lowest BCUT2D eigenvalue weighted by Crippen LogP contribution is -2.45. The monoisotopic (exact) mass is 343 g/mol. The first-order valence-electron chi connectivity index (χ1n) is 8.78. The molecule has 1 aliphatic rings. The van der Waals surface area contributed by atoms with E-state index in [2.05, 4.69) is 24.3 Å². The number of ether oxygens (including phenoxy) is 2. The van der Waals surface area contributed by atoms with Crippen molar-refractivity contribution in [2.75, 3.05) is 26.8 Å². The zero-order valence-corrected chi connectivity index (χ0v) is 14.6. The highest BCUT2D eigenvalue weighted by molar-refractivity contribution is 5.91. The van der Waals surface area contributed by atoms with Gasteiger partial charge in [0.1, 0.15) is 12.4 Å². The molecule has 1 amide bonds. The molecule has 0 saturated carbocycles. The van der Waals surface area contributed by atoms with Crippen molar-refractivity contribution in [2.24, 2.45) is 0 Å². The van der Waals surface area contributed by atoms with Crippen molar-refractivity contribution in [2.45, 2.75) is 32.0 Å². The number of morpholine rings is 1. The van der Waals surface area contributed by atoms with Gasteiger partial charge in [0, 0.05) is 20.2 Å². The largest absolute Gasteiger partial charge is 0.453 e. The van der Waals surface area contributed by atoms with E-state index in [1.54, 1.807) is 19.2 Å². The van der Waals surface area contributed by atoms with E-state index >= 15 is 0 Å². The zero-order chi connectivity index (χ0) is 17.5. The summed E-state index contributed by atoms with van der Waals surface area (Å²) in [6.45, 7) is 2.17. The topological polar surface area (TPSA) is 51.9 Å². The molecule has 25 heavy (non-hydrogen) atoms. The third-order valence-corrected chi connectivity index (χ3v) is 4.42. The van der Waals surface area contributed by atoms with E-state index in [1.165, 1.54) is 5.56 Å². The van der Waals surface area contributed by atoms with Crippen LogP contribution in [0.3, 0.4) is 0 Å². The first-order chi connectivity index (χ1) is 12.3. The van der Waals surface area contributed by atoms with Crippen LogP contribution in [0.15, 0.2) is 46.9 Å². The number of benzene rings is 1. The van der Waals surface area contributed by atoms with Crippen molar-refractivity contribution in [3.8, 4) is 0 Å². The molecular weight excluding hydrogens is 318 g/mol. The van der Waals surface area contributed by atoms with Gasteiger partial charge in [-0.25, -0.2) is 0 Å². The molecule has 3 rings (SSSR count). The molecule has 5 heteroatoms. The van der Waals surface area contributed by atoms with Crippen LogP contribution < -0.4 is 0 Å². The maximum atomic E-state index is 12.6. The van der Waals surface area contributed by atoms with Gasteiger partial charge in [-0.3, -0.25) is 4.79 Å². The molecule has 1 atom stereocenters. The first-order valence-corrected chi connectivity index (χ1v) is 8.78. The zero-order valence-electron chi connectivity index (χ0n) is 14.6. The predicted octanol–water partition coefficient (Wildman–Crippen LogP) is 3.29. The number of hydrogen-bond acceptors (Lipinski definition) is 4. The number of methoxy groups -OCH3 is 1. The molecule has 0 unspecified atom stereocenters. The van der Waals surface area contributed by atoms with Crippen LogP contribution in [-0.4, -0.2) is 43.7 Å². The van der Waals surface area contributed by atoms with E-state index in [9.17, 15) is 4.79 Å². The third kappa shape index (κ3) is 4.94. The van der Waals surface area contributed by atoms with Gasteiger partial charge < -0.3 is 18.8 Å². The normalized spacial score (nSPS) is 17.6. The second kappa shape index (κ2) is 8.83. The minimum atomic E-state index is -0.0706. The molecule has 1 aliphatic heterocycles. The van der Waals surface area contributed by atoms with Crippen LogP contribution >= 0.6 is 0 Å². The molecule has 0 bridgehead atoms. The fourth-order valence-electron chi connectivity index (χ4n) is 3.13. The van der Waals surface area contributed by atoms with Crippen LogP contribution in [-0.2, 0) is 22.5 Å². The highest BCUT2D eigenvalue weighted by Crippen LogP contribution is 2.17. The Kier molecular flexibility index (Phi) is 6.25. The van der Waals surface area contributed by atoms with Crippen molar-refractivity contribution in [1.29, 1.82) is 0 Å². The van der Waals surface area contributed by atoms with Crippen molar-refractivity contribution in [3.63, 3.8) is 0 Å². The smallest absolute Gasteiger partial charge is 0.289 e. The van der Waals surface area contributed by atoms with Crippen molar-refractivity contribution >= 4 is 5.91 Å². The Hall–Kier alpha value is -2.11. The molecule has 134 valence electrons. The Morgan fingerprint density at radius 2 is 2.08 bits per heavy atom. The maximum Gasteiger partial charge on any atom is 0.289 e. The Bertz CT molecular complexity index is 667. The fourth-order valence-corrected chi connectivity index (χ4v) is 3.13. The number of rotatable bonds is 7. The standard InChI is InChI=1S/C20H25NO4/c1-23-15-18-10-11-19(25-18)20(22)21-12-13-24-17(14-21)9-5-8-16-6-3-2-4-7-16/h2-4,6-7,10-11,17H,5,8-9,12-15H2,1H3/t17-/m1/s1. The van der Waals surface area contributed by atoms with Crippen LogP contribution in [0.4, 0.5) is 0 Å². The van der Waals surface area contributed by atoms with Gasteiger partial charge in [0.05, 0.1) is 12.7 Å². The molecule has 1 aromatic heterocycles. The highest BCUT2D eigenvalue weighted by atomic mass is 16.5. The van der Waals surface area contributed by atoms with Crippen LogP contribution in [0.5, 0.6) is 0 Å². The summed E-state index contributed by atoms with van der Waals surface area (Å²) in [6, 6.07) is 14.0. The summed E-state index contributed by atoms with van der Waals surface area (Å²) in [5.74, 6) is 0.967. The molecule has 0 N–H and O–H groups in total. The lowest BCUT2D eigenvalue weighted by atomic mass is 10.1. The Morgan fingerprint density at radius 1 is 1.24 bits per heavy atom. The van der Waals surface area contributed by atoms with Crippen molar-refractivity contribution in [1.82, 2.24) is 4.90 Å². The van der Waals surface area contributed by atoms with Gasteiger partial charge in [-0.05, 0) is 37.0 Å². The third-order valence-electron chi connectivity index (χ3n) is 4.42. The summed E-state index contributed by atoms with van der Waals surface area (Å²) in [7, 11) is 1.60. The van der Waals surface area contributed by atoms with E-state index in [4.69, 9.17) is 13.9 Å². The summed E-state index contributed by atoms with van der Waals surface area (Å²) in [4.78, 5) is 14.4. The molecule has 5 nitrogen and oxygen atoms in total. The average Bonchev–Trinajstić information content (AvgIpc) is 3.11. The van der Waals surface area contributed by atoms with Crippen LogP contribution in [0, 0.1) is 0 Å². The number of carbonyl (C=O) groups is 1. The molecule has 2 heterocycles. The second-order valence-electron chi connectivity index (χ2n) is 6.32. The van der Waals surface area contributed by atoms with Gasteiger partial charge in [-0.2, -0.15) is 0 Å². The van der Waals surface area contributed by atoms with E-state index < -0.39 is 0 Å². The summed E-state index contributed by atoms with van der Waals surface area (Å²) in [5.41, 5.74) is 1.34. The van der Waals surface area contributed by atoms with Gasteiger partial charge in [0.2, 0.25) is 0 Å². The summed E-state index contributed by atoms with van der Waals surface area (Å²) >= 11 is 0. The van der Waals surface area contributed by atoms with E-state index in [0.717, 1.165) is 19.3 Å². The number of nitrogens with zero attached hydrogens (tertiary/aromatic N) is 1. The summed E-state index contributed by atoms with van der Waals surface area (Å²) in [6.07, 6.45) is 3.13. The van der Waals surface area contributed by atoms with Gasteiger partial charge in [0.15, 0.2) is 5.76 Å². The number of amides is 1. The molecule has 0 radical (unpaired) electrons. The second-order valence-corrected chi connectivity index (χ2v) is 6.32. The molecule has 1 fully saturated rings. The first kappa shape index (κ1) is 17.7. The van der Waals surface area contributed by atoms with E-state index in [0.29, 0.717) is 37.8 Å². The minimum Gasteiger partial charge on any atom is -0.453 e. The van der Waals surface area contributed by atoms with E-state index in [1.807, 2.05) is 11.0 Å². The summed E-state index contributed by atoms with van der Waals surface area (Å²) < 4.78 is 16.4. The summed E-state index contributed by atoms with van der Waals surface area (Å²) in [5, 5.41) is 0. The quantitative estimate of drug-likeness (QED) is 0.774. The highest BCUT2D eigenvalue weighted by Gasteiger charge is 2.26. The predicted molar refractivity (Wildman–Crippen MR) is 94.4 cm³/mol. The number of aryl methyl sites for hydroxylation is 1. The molecule has 0 aliphatic carbocycles. The molecule has 1 saturated heterocycles. The number of carbonyl (C=O) groups excluding carboxylic acids is 1. The van der Waals surface area contributed by atoms with E-state index in [-0.39, 0.29) is 12.0 Å². The average molecular weight is 343 g/mol. The lowest BCUT2D eigenvalue weighted by molar-refractivity contribution is -0.0264. The number of furan rings is 1. The molecule has 0 spiro atoms. The van der Waals surface area contributed by atoms with Crippen LogP contribution in [0.1, 0.15) is 34.7 Å². The Balaban J connectivity index is 1.49. The fraction of sp³-hybridized carbons (Fsp3) is 0.450. The Morgan fingerprint density at radius 3 is 2.88 bits per heavy atom. The van der Waals surface area contributed by atoms with Crippen molar-refractivity contribution < 1.29 is 18.7 Å². The molecular formula is C20H25NO4. The number of hydrogen-bond donors (Lipinski definition) is 0. The van der Waals surface area contributed by atoms with Gasteiger partial charge in [-0.1, -0.05) is 30.3 Å². The Labute approximate surface area is 148 Å². The molecule has 1 aromatic carbocycles. The van der Waals surface area contributed by atoms with Gasteiger partial charge in [-0.15, -0.1) is 0 Å². The molecule has 2 aromatic rings. The minimum absolute atomic E-state index is 0.0706. The van der Waals surface area contributed by atoms with Crippen LogP contribution in [0.2, 0.25) is 0 Å². The van der Waals surface area contributed by atoms with Crippen LogP contribution in [0.25, 0.3) is 0 Å². The van der Waals surface area contributed by atoms with Gasteiger partial charge >= 0.3 is 0 Å².